The summed E-state index contributed by atoms with van der Waals surface area (Å²) in [5.41, 5.74) is 0. The molecule has 0 saturated heterocycles. The number of carbonyl (C=O) groups excluding carboxylic acids is 2. The summed E-state index contributed by atoms with van der Waals surface area (Å²) >= 11 is 0. The lowest BCUT2D eigenvalue weighted by Gasteiger charge is -2.15. The molecular formula is C47H80O5. The maximum atomic E-state index is 12.2. The minimum Gasteiger partial charge on any atom is -0.462 e. The molecule has 0 fully saturated rings. The molecule has 0 aliphatic carbocycles. The second-order valence-electron chi connectivity index (χ2n) is 14.1. The summed E-state index contributed by atoms with van der Waals surface area (Å²) in [7, 11) is 0. The fourth-order valence-corrected chi connectivity index (χ4v) is 5.68. The molecule has 5 heteroatoms. The van der Waals surface area contributed by atoms with Crippen LogP contribution in [0.5, 0.6) is 0 Å². The summed E-state index contributed by atoms with van der Waals surface area (Å²) < 4.78 is 10.6. The summed E-state index contributed by atoms with van der Waals surface area (Å²) in [5.74, 6) is -0.635. The van der Waals surface area contributed by atoms with Crippen LogP contribution in [-0.4, -0.2) is 36.4 Å². The third kappa shape index (κ3) is 40.1. The average Bonchev–Trinajstić information content (AvgIpc) is 3.15. The summed E-state index contributed by atoms with van der Waals surface area (Å²) in [6.07, 6.45) is 56.8. The van der Waals surface area contributed by atoms with Crippen LogP contribution < -0.4 is 0 Å². The Labute approximate surface area is 321 Å². The van der Waals surface area contributed by atoms with Gasteiger partial charge in [0.15, 0.2) is 6.10 Å². The largest absolute Gasteiger partial charge is 0.462 e. The highest BCUT2D eigenvalue weighted by Crippen LogP contribution is 2.13. The van der Waals surface area contributed by atoms with Gasteiger partial charge in [0, 0.05) is 12.8 Å². The number of hydrogen-bond acceptors (Lipinski definition) is 5. The molecule has 5 nitrogen and oxygen atoms in total. The topological polar surface area (TPSA) is 72.8 Å². The predicted molar refractivity (Wildman–Crippen MR) is 223 cm³/mol. The number of esters is 2. The Hall–Kier alpha value is -2.66. The van der Waals surface area contributed by atoms with E-state index in [9.17, 15) is 14.7 Å². The molecule has 0 aliphatic heterocycles. The Morgan fingerprint density at radius 1 is 0.442 bits per heavy atom. The van der Waals surface area contributed by atoms with Gasteiger partial charge in [-0.25, -0.2) is 0 Å². The Balaban J connectivity index is 3.63. The van der Waals surface area contributed by atoms with Crippen molar-refractivity contribution >= 4 is 11.9 Å². The van der Waals surface area contributed by atoms with Crippen molar-refractivity contribution in [3.05, 3.63) is 72.9 Å². The highest BCUT2D eigenvalue weighted by atomic mass is 16.6. The molecular weight excluding hydrogens is 645 g/mol. The standard InChI is InChI=1S/C47H80O5/c1-3-5-7-9-11-13-15-17-19-21-23-25-27-29-31-33-35-37-39-41-46(49)51-44-45(43-48)52-47(50)42-40-38-36-34-32-30-28-26-24-22-20-18-16-14-12-10-8-6-4-2/h11-14,17-20,23,25,29,31,45,48H,3-10,15-16,21-22,24,26-28,30,32-44H2,1-2H3/b13-11-,14-12-,19-17-,20-18-,25-23-,31-29-/t45-/m0/s1. The van der Waals surface area contributed by atoms with Crippen LogP contribution in [0.3, 0.4) is 0 Å². The summed E-state index contributed by atoms with van der Waals surface area (Å²) in [6.45, 7) is 4.05. The molecule has 1 atom stereocenters. The van der Waals surface area contributed by atoms with E-state index in [0.29, 0.717) is 12.8 Å². The second-order valence-corrected chi connectivity index (χ2v) is 14.1. The quantitative estimate of drug-likeness (QED) is 0.0390. The molecule has 0 aromatic heterocycles. The van der Waals surface area contributed by atoms with E-state index in [0.717, 1.165) is 70.6 Å². The first-order chi connectivity index (χ1) is 25.6. The van der Waals surface area contributed by atoms with Gasteiger partial charge in [-0.2, -0.15) is 0 Å². The fourth-order valence-electron chi connectivity index (χ4n) is 5.68. The number of hydrogen-bond donors (Lipinski definition) is 1. The van der Waals surface area contributed by atoms with Crippen LogP contribution in [0, 0.1) is 0 Å². The Bertz CT molecular complexity index is 957. The van der Waals surface area contributed by atoms with E-state index in [-0.39, 0.29) is 25.2 Å². The first-order valence-corrected chi connectivity index (χ1v) is 21.5. The summed E-state index contributed by atoms with van der Waals surface area (Å²) in [6, 6.07) is 0. The lowest BCUT2D eigenvalue weighted by Crippen LogP contribution is -2.28. The van der Waals surface area contributed by atoms with Crippen molar-refractivity contribution in [3.63, 3.8) is 0 Å². The molecule has 52 heavy (non-hydrogen) atoms. The van der Waals surface area contributed by atoms with E-state index in [2.05, 4.69) is 86.8 Å². The normalized spacial score (nSPS) is 12.9. The maximum absolute atomic E-state index is 12.2. The van der Waals surface area contributed by atoms with Gasteiger partial charge in [-0.05, 0) is 89.9 Å². The maximum Gasteiger partial charge on any atom is 0.306 e. The molecule has 298 valence electrons. The number of unbranched alkanes of at least 4 members (excludes halogenated alkanes) is 18. The number of aliphatic hydroxyl groups excluding tert-OH is 1. The van der Waals surface area contributed by atoms with Crippen LogP contribution in [-0.2, 0) is 19.1 Å². The van der Waals surface area contributed by atoms with Crippen molar-refractivity contribution in [1.29, 1.82) is 0 Å². The zero-order valence-corrected chi connectivity index (χ0v) is 33.8. The molecule has 0 aromatic carbocycles. The van der Waals surface area contributed by atoms with Crippen molar-refractivity contribution in [2.24, 2.45) is 0 Å². The van der Waals surface area contributed by atoms with Crippen molar-refractivity contribution in [1.82, 2.24) is 0 Å². The van der Waals surface area contributed by atoms with E-state index in [1.54, 1.807) is 0 Å². The molecule has 0 radical (unpaired) electrons. The molecule has 0 aromatic rings. The van der Waals surface area contributed by atoms with Crippen LogP contribution in [0.4, 0.5) is 0 Å². The molecule has 0 aliphatic rings. The zero-order chi connectivity index (χ0) is 37.8. The minimum absolute atomic E-state index is 0.0872. The van der Waals surface area contributed by atoms with Gasteiger partial charge in [-0.15, -0.1) is 0 Å². The van der Waals surface area contributed by atoms with Gasteiger partial charge in [0.1, 0.15) is 6.61 Å². The smallest absolute Gasteiger partial charge is 0.306 e. The van der Waals surface area contributed by atoms with Crippen molar-refractivity contribution in [2.75, 3.05) is 13.2 Å². The molecule has 0 heterocycles. The monoisotopic (exact) mass is 725 g/mol. The number of allylic oxidation sites excluding steroid dienone is 12. The van der Waals surface area contributed by atoms with Crippen molar-refractivity contribution < 1.29 is 24.2 Å². The van der Waals surface area contributed by atoms with Gasteiger partial charge >= 0.3 is 11.9 Å². The van der Waals surface area contributed by atoms with E-state index in [1.165, 1.54) is 96.3 Å². The summed E-state index contributed by atoms with van der Waals surface area (Å²) in [5, 5.41) is 9.58. The molecule has 0 amide bonds. The first kappa shape index (κ1) is 49.3. The number of carbonyl (C=O) groups is 2. The van der Waals surface area contributed by atoms with Crippen LogP contribution in [0.1, 0.15) is 194 Å². The molecule has 0 unspecified atom stereocenters. The Morgan fingerprint density at radius 3 is 1.17 bits per heavy atom. The van der Waals surface area contributed by atoms with Gasteiger partial charge in [0.25, 0.3) is 0 Å². The molecule has 0 saturated carbocycles. The highest BCUT2D eigenvalue weighted by Gasteiger charge is 2.16. The van der Waals surface area contributed by atoms with Gasteiger partial charge in [0.2, 0.25) is 0 Å². The van der Waals surface area contributed by atoms with Crippen molar-refractivity contribution in [3.8, 4) is 0 Å². The number of rotatable bonds is 38. The number of aliphatic hydroxyl groups is 1. The molecule has 0 bridgehead atoms. The SMILES string of the molecule is CCCCC/C=C\C/C=C\C/C=C\C/C=C\CCCCCC(=O)OC[C@H](CO)OC(=O)CCCCCCCCCCC/C=C\C/C=C\CCCCC. The fraction of sp³-hybridized carbons (Fsp3) is 0.702. The van der Waals surface area contributed by atoms with Gasteiger partial charge in [-0.3, -0.25) is 9.59 Å². The van der Waals surface area contributed by atoms with Crippen molar-refractivity contribution in [2.45, 2.75) is 200 Å². The highest BCUT2D eigenvalue weighted by molar-refractivity contribution is 5.70. The van der Waals surface area contributed by atoms with E-state index < -0.39 is 6.10 Å². The first-order valence-electron chi connectivity index (χ1n) is 21.5. The zero-order valence-electron chi connectivity index (χ0n) is 33.8. The third-order valence-corrected chi connectivity index (χ3v) is 8.97. The molecule has 1 N–H and O–H groups in total. The van der Waals surface area contributed by atoms with E-state index in [1.807, 2.05) is 0 Å². The van der Waals surface area contributed by atoms with Crippen LogP contribution in [0.2, 0.25) is 0 Å². The minimum atomic E-state index is -0.790. The lowest BCUT2D eigenvalue weighted by molar-refractivity contribution is -0.161. The Kier molecular flexibility index (Phi) is 40.6. The van der Waals surface area contributed by atoms with Crippen LogP contribution >= 0.6 is 0 Å². The van der Waals surface area contributed by atoms with Crippen LogP contribution in [0.25, 0.3) is 0 Å². The second kappa shape index (κ2) is 42.8. The average molecular weight is 725 g/mol. The molecule has 0 spiro atoms. The van der Waals surface area contributed by atoms with E-state index >= 15 is 0 Å². The predicted octanol–water partition coefficient (Wildman–Crippen LogP) is 13.7. The van der Waals surface area contributed by atoms with Gasteiger partial charge in [0.05, 0.1) is 6.61 Å². The summed E-state index contributed by atoms with van der Waals surface area (Å²) in [4.78, 5) is 24.3. The Morgan fingerprint density at radius 2 is 0.769 bits per heavy atom. The van der Waals surface area contributed by atoms with Gasteiger partial charge < -0.3 is 14.6 Å². The third-order valence-electron chi connectivity index (χ3n) is 8.97. The van der Waals surface area contributed by atoms with Crippen LogP contribution in [0.15, 0.2) is 72.9 Å². The van der Waals surface area contributed by atoms with E-state index in [4.69, 9.17) is 9.47 Å². The van der Waals surface area contributed by atoms with Gasteiger partial charge in [-0.1, -0.05) is 164 Å². The number of ether oxygens (including phenoxy) is 2. The molecule has 0 rings (SSSR count). The lowest BCUT2D eigenvalue weighted by atomic mass is 10.1.